The summed E-state index contributed by atoms with van der Waals surface area (Å²) in [6, 6.07) is 5.87. The number of nitrogens with two attached hydrogens (primary N) is 1. The van der Waals surface area contributed by atoms with Crippen molar-refractivity contribution in [2.24, 2.45) is 15.9 Å². The molecule has 0 spiro atoms. The number of nitrogens with zero attached hydrogens (tertiary/aromatic N) is 8. The fraction of sp³-hybridized carbons (Fsp3) is 0.364. The number of hydrogen-bond donors (Lipinski definition) is 1. The van der Waals surface area contributed by atoms with Gasteiger partial charge in [-0.1, -0.05) is 0 Å². The van der Waals surface area contributed by atoms with Crippen LogP contribution < -0.4 is 10.6 Å². The quantitative estimate of drug-likeness (QED) is 0.257. The first-order valence-electron chi connectivity index (χ1n) is 10.5. The normalized spacial score (nSPS) is 16.4. The second kappa shape index (κ2) is 9.67. The third kappa shape index (κ3) is 4.64. The molecule has 33 heavy (non-hydrogen) atoms. The average Bonchev–Trinajstić information content (AvgIpc) is 3.50. The number of ether oxygens (including phenoxy) is 1. The molecule has 1 saturated heterocycles. The van der Waals surface area contributed by atoms with E-state index >= 15 is 0 Å². The SMILES string of the molecule is CC(=NC1CCN(C#N)CC1)/C(=N\N)c1cc(OC(C)c2cnsc2)n2c(C#N)cnc2c1. The van der Waals surface area contributed by atoms with Crippen LogP contribution >= 0.6 is 11.5 Å². The minimum Gasteiger partial charge on any atom is -0.471 e. The maximum Gasteiger partial charge on any atom is 0.201 e. The molecular weight excluding hydrogens is 438 g/mol. The zero-order valence-corrected chi connectivity index (χ0v) is 19.2. The molecule has 1 fully saturated rings. The maximum absolute atomic E-state index is 9.54. The molecule has 0 aliphatic carbocycles. The number of hydrazone groups is 1. The molecule has 4 rings (SSSR count). The summed E-state index contributed by atoms with van der Waals surface area (Å²) in [5, 5.41) is 24.5. The summed E-state index contributed by atoms with van der Waals surface area (Å²) in [6.07, 6.45) is 6.77. The molecule has 2 N–H and O–H groups in total. The Balaban J connectivity index is 1.68. The van der Waals surface area contributed by atoms with E-state index in [9.17, 15) is 5.26 Å². The van der Waals surface area contributed by atoms with Crippen molar-refractivity contribution in [3.05, 3.63) is 46.7 Å². The number of likely N-dealkylation sites (tertiary alicyclic amines) is 1. The smallest absolute Gasteiger partial charge is 0.201 e. The fourth-order valence-electron chi connectivity index (χ4n) is 3.85. The lowest BCUT2D eigenvalue weighted by Crippen LogP contribution is -2.32. The van der Waals surface area contributed by atoms with Gasteiger partial charge in [-0.15, -0.1) is 0 Å². The van der Waals surface area contributed by atoms with Gasteiger partial charge in [-0.05, 0) is 44.3 Å². The van der Waals surface area contributed by atoms with Crippen molar-refractivity contribution in [1.29, 1.82) is 10.5 Å². The van der Waals surface area contributed by atoms with Gasteiger partial charge in [-0.25, -0.2) is 9.36 Å². The van der Waals surface area contributed by atoms with Crippen LogP contribution in [0.4, 0.5) is 0 Å². The highest BCUT2D eigenvalue weighted by atomic mass is 32.1. The van der Waals surface area contributed by atoms with Crippen LogP contribution in [0, 0.1) is 22.8 Å². The monoisotopic (exact) mass is 461 g/mol. The average molecular weight is 462 g/mol. The maximum atomic E-state index is 9.54. The van der Waals surface area contributed by atoms with Gasteiger partial charge in [-0.3, -0.25) is 9.39 Å². The first-order valence-corrected chi connectivity index (χ1v) is 11.3. The molecule has 3 aromatic rings. The van der Waals surface area contributed by atoms with Gasteiger partial charge in [0.1, 0.15) is 29.2 Å². The second-order valence-electron chi connectivity index (χ2n) is 7.76. The van der Waals surface area contributed by atoms with Gasteiger partial charge in [0.05, 0.1) is 18.0 Å². The number of aromatic nitrogens is 3. The van der Waals surface area contributed by atoms with Crippen LogP contribution in [0.15, 0.2) is 40.0 Å². The number of fused-ring (bicyclic) bond motifs is 1. The second-order valence-corrected chi connectivity index (χ2v) is 8.42. The molecule has 4 heterocycles. The standard InChI is InChI=1S/C22H23N9OS/c1-14(28-18-3-5-30(13-24)6-4-18)22(29-25)16-7-20-26-11-19(9-23)31(20)21(8-16)32-15(2)17-10-27-33-12-17/h7-8,10-12,15,18H,3-6,25H2,1-2H3/b28-14?,29-22+. The summed E-state index contributed by atoms with van der Waals surface area (Å²) < 4.78 is 12.0. The van der Waals surface area contributed by atoms with Gasteiger partial charge in [0.25, 0.3) is 0 Å². The van der Waals surface area contributed by atoms with Gasteiger partial charge in [-0.2, -0.15) is 15.6 Å². The summed E-state index contributed by atoms with van der Waals surface area (Å²) in [5.74, 6) is 6.24. The number of aliphatic imine (C=N–C) groups is 1. The molecule has 0 saturated carbocycles. The van der Waals surface area contributed by atoms with E-state index < -0.39 is 0 Å². The highest BCUT2D eigenvalue weighted by molar-refractivity contribution is 7.03. The Bertz CT molecular complexity index is 1270. The fourth-order valence-corrected chi connectivity index (χ4v) is 4.47. The van der Waals surface area contributed by atoms with E-state index in [-0.39, 0.29) is 12.1 Å². The van der Waals surface area contributed by atoms with Crippen molar-refractivity contribution >= 4 is 28.6 Å². The molecular formula is C22H23N9OS. The first kappa shape index (κ1) is 22.2. The van der Waals surface area contributed by atoms with Gasteiger partial charge in [0, 0.05) is 41.9 Å². The molecule has 0 aromatic carbocycles. The van der Waals surface area contributed by atoms with Crippen molar-refractivity contribution in [3.8, 4) is 18.1 Å². The van der Waals surface area contributed by atoms with Crippen LogP contribution in [-0.4, -0.2) is 49.2 Å². The van der Waals surface area contributed by atoms with E-state index in [0.717, 1.165) is 18.4 Å². The Hall–Kier alpha value is -3.96. The van der Waals surface area contributed by atoms with Crippen LogP contribution in [0.1, 0.15) is 49.6 Å². The number of rotatable bonds is 6. The first-order chi connectivity index (χ1) is 16.0. The lowest BCUT2D eigenvalue weighted by Gasteiger charge is -2.26. The third-order valence-corrected chi connectivity index (χ3v) is 6.24. The predicted octanol–water partition coefficient (Wildman–Crippen LogP) is 2.87. The number of nitriles is 2. The Morgan fingerprint density at radius 2 is 2.09 bits per heavy atom. The number of imidazole rings is 1. The molecule has 1 atom stereocenters. The molecule has 10 nitrogen and oxygen atoms in total. The van der Waals surface area contributed by atoms with Gasteiger partial charge < -0.3 is 15.5 Å². The van der Waals surface area contributed by atoms with Crippen molar-refractivity contribution in [2.75, 3.05) is 13.1 Å². The summed E-state index contributed by atoms with van der Waals surface area (Å²) in [4.78, 5) is 10.9. The third-order valence-electron chi connectivity index (χ3n) is 5.63. The molecule has 0 bridgehead atoms. The Morgan fingerprint density at radius 1 is 1.30 bits per heavy atom. The predicted molar refractivity (Wildman–Crippen MR) is 125 cm³/mol. The highest BCUT2D eigenvalue weighted by Gasteiger charge is 2.21. The van der Waals surface area contributed by atoms with E-state index in [4.69, 9.17) is 20.8 Å². The van der Waals surface area contributed by atoms with E-state index in [1.54, 1.807) is 21.6 Å². The van der Waals surface area contributed by atoms with Gasteiger partial charge in [0.2, 0.25) is 5.88 Å². The molecule has 1 aliphatic rings. The molecule has 0 radical (unpaired) electrons. The Kier molecular flexibility index (Phi) is 6.52. The van der Waals surface area contributed by atoms with E-state index in [0.29, 0.717) is 47.3 Å². The lowest BCUT2D eigenvalue weighted by atomic mass is 10.0. The molecule has 11 heteroatoms. The molecule has 0 amide bonds. The van der Waals surface area contributed by atoms with Crippen molar-refractivity contribution in [2.45, 2.75) is 38.8 Å². The molecule has 1 unspecified atom stereocenters. The zero-order chi connectivity index (χ0) is 23.4. The van der Waals surface area contributed by atoms with Crippen LogP contribution in [0.2, 0.25) is 0 Å². The van der Waals surface area contributed by atoms with Crippen molar-refractivity contribution < 1.29 is 4.74 Å². The van der Waals surface area contributed by atoms with E-state index in [2.05, 4.69) is 26.7 Å². The molecule has 168 valence electrons. The molecule has 3 aromatic heterocycles. The minimum absolute atomic E-state index is 0.105. The van der Waals surface area contributed by atoms with Crippen molar-refractivity contribution in [3.63, 3.8) is 0 Å². The summed E-state index contributed by atoms with van der Waals surface area (Å²) in [5.41, 5.74) is 3.77. The zero-order valence-electron chi connectivity index (χ0n) is 18.3. The van der Waals surface area contributed by atoms with E-state index in [1.807, 2.05) is 25.3 Å². The number of hydrogen-bond acceptors (Lipinski definition) is 10. The van der Waals surface area contributed by atoms with Crippen LogP contribution in [0.3, 0.4) is 0 Å². The number of pyridine rings is 1. The highest BCUT2D eigenvalue weighted by Crippen LogP contribution is 2.27. The van der Waals surface area contributed by atoms with Crippen LogP contribution in [0.25, 0.3) is 5.65 Å². The molecule has 1 aliphatic heterocycles. The lowest BCUT2D eigenvalue weighted by molar-refractivity contribution is 0.215. The Morgan fingerprint density at radius 3 is 2.73 bits per heavy atom. The summed E-state index contributed by atoms with van der Waals surface area (Å²) >= 11 is 1.35. The van der Waals surface area contributed by atoms with E-state index in [1.165, 1.54) is 17.7 Å². The number of piperidine rings is 1. The van der Waals surface area contributed by atoms with Crippen molar-refractivity contribution in [1.82, 2.24) is 18.7 Å². The van der Waals surface area contributed by atoms with Crippen LogP contribution in [-0.2, 0) is 0 Å². The van der Waals surface area contributed by atoms with Gasteiger partial charge in [0.15, 0.2) is 6.19 Å². The largest absolute Gasteiger partial charge is 0.471 e. The topological polar surface area (TPSA) is 141 Å². The Labute approximate surface area is 195 Å². The van der Waals surface area contributed by atoms with Gasteiger partial charge >= 0.3 is 0 Å². The summed E-state index contributed by atoms with van der Waals surface area (Å²) in [7, 11) is 0. The minimum atomic E-state index is -0.283. The summed E-state index contributed by atoms with van der Waals surface area (Å²) in [6.45, 7) is 5.18. The van der Waals surface area contributed by atoms with Crippen LogP contribution in [0.5, 0.6) is 5.88 Å².